The van der Waals surface area contributed by atoms with Gasteiger partial charge >= 0.3 is 6.09 Å². The van der Waals surface area contributed by atoms with E-state index in [1.807, 2.05) is 109 Å². The van der Waals surface area contributed by atoms with Gasteiger partial charge in [0.25, 0.3) is 0 Å². The summed E-state index contributed by atoms with van der Waals surface area (Å²) in [7, 11) is 0. The van der Waals surface area contributed by atoms with Crippen molar-refractivity contribution in [3.05, 3.63) is 71.8 Å². The molecule has 2 aromatic rings. The number of hydrogen-bond donors (Lipinski definition) is 3. The molecule has 4 atom stereocenters. The highest BCUT2D eigenvalue weighted by Gasteiger charge is 2.40. The van der Waals surface area contributed by atoms with Gasteiger partial charge in [0.2, 0.25) is 17.7 Å². The Balaban J connectivity index is 0.000000963. The zero-order valence-electron chi connectivity index (χ0n) is 30.6. The maximum absolute atomic E-state index is 13.7. The van der Waals surface area contributed by atoms with E-state index in [1.165, 1.54) is 4.90 Å². The molecule has 12 heteroatoms. The Bertz CT molecular complexity index is 1320. The molecule has 0 radical (unpaired) electrons. The third-order valence-corrected chi connectivity index (χ3v) is 8.15. The molecule has 50 heavy (non-hydrogen) atoms. The van der Waals surface area contributed by atoms with Crippen LogP contribution in [0.5, 0.6) is 0 Å². The summed E-state index contributed by atoms with van der Waals surface area (Å²) in [5, 5.41) is 8.24. The fourth-order valence-corrected chi connectivity index (χ4v) is 5.35. The van der Waals surface area contributed by atoms with Gasteiger partial charge in [-0.2, -0.15) is 0 Å². The van der Waals surface area contributed by atoms with Crippen molar-refractivity contribution in [2.24, 2.45) is 11.8 Å². The molecule has 1 aliphatic rings. The van der Waals surface area contributed by atoms with Crippen molar-refractivity contribution in [3.8, 4) is 0 Å². The number of carbonyl (C=O) groups is 5. The summed E-state index contributed by atoms with van der Waals surface area (Å²) in [6.07, 6.45) is 1.18. The lowest BCUT2D eigenvalue weighted by Gasteiger charge is -2.32. The average molecular weight is 697 g/mol. The molecule has 1 fully saturated rings. The van der Waals surface area contributed by atoms with Crippen LogP contribution < -0.4 is 16.0 Å². The lowest BCUT2D eigenvalue weighted by atomic mass is 10.00. The molecule has 1 saturated heterocycles. The SMILES string of the molecule is CC(C)[C@H](NC(=O)[C@H](Cc1ccccc1)NC(=O)OCc1ccccc1)C(=O)N1CCC[C@H]1C(=O)N[C@H](C=O)C(C)C.CCOC(C)OCC. The molecular formula is C38H56N4O8. The van der Waals surface area contributed by atoms with E-state index >= 15 is 0 Å². The number of carbonyl (C=O) groups excluding carboxylic acids is 5. The lowest BCUT2D eigenvalue weighted by molar-refractivity contribution is -0.143. The van der Waals surface area contributed by atoms with Crippen LogP contribution in [0.3, 0.4) is 0 Å². The number of aldehydes is 1. The minimum atomic E-state index is -1.01. The number of likely N-dealkylation sites (tertiary alicyclic amines) is 1. The highest BCUT2D eigenvalue weighted by atomic mass is 16.7. The van der Waals surface area contributed by atoms with Crippen LogP contribution >= 0.6 is 0 Å². The van der Waals surface area contributed by atoms with E-state index in [2.05, 4.69) is 16.0 Å². The molecule has 1 heterocycles. The predicted molar refractivity (Wildman–Crippen MR) is 191 cm³/mol. The maximum atomic E-state index is 13.7. The molecular weight excluding hydrogens is 640 g/mol. The van der Waals surface area contributed by atoms with E-state index in [-0.39, 0.29) is 43.0 Å². The van der Waals surface area contributed by atoms with Gasteiger partial charge in [-0.1, -0.05) is 88.4 Å². The van der Waals surface area contributed by atoms with Gasteiger partial charge in [-0.25, -0.2) is 4.79 Å². The Morgan fingerprint density at radius 2 is 1.40 bits per heavy atom. The van der Waals surface area contributed by atoms with Crippen molar-refractivity contribution in [2.75, 3.05) is 19.8 Å². The van der Waals surface area contributed by atoms with Gasteiger partial charge in [-0.05, 0) is 56.6 Å². The van der Waals surface area contributed by atoms with Crippen molar-refractivity contribution >= 4 is 30.1 Å². The molecule has 276 valence electrons. The summed E-state index contributed by atoms with van der Waals surface area (Å²) in [4.78, 5) is 66.0. The smallest absolute Gasteiger partial charge is 0.408 e. The second-order valence-corrected chi connectivity index (χ2v) is 12.8. The fraction of sp³-hybridized carbons (Fsp3) is 0.553. The minimum Gasteiger partial charge on any atom is -0.445 e. The van der Waals surface area contributed by atoms with Crippen LogP contribution in [0.15, 0.2) is 60.7 Å². The maximum Gasteiger partial charge on any atom is 0.408 e. The summed E-state index contributed by atoms with van der Waals surface area (Å²) >= 11 is 0. The topological polar surface area (TPSA) is 152 Å². The number of amides is 4. The van der Waals surface area contributed by atoms with Crippen LogP contribution in [0, 0.1) is 11.8 Å². The first-order valence-corrected chi connectivity index (χ1v) is 17.5. The van der Waals surface area contributed by atoms with E-state index in [0.29, 0.717) is 25.7 Å². The number of nitrogens with zero attached hydrogens (tertiary/aromatic N) is 1. The summed E-state index contributed by atoms with van der Waals surface area (Å²) in [5.41, 5.74) is 1.62. The molecule has 4 amide bonds. The average Bonchev–Trinajstić information content (AvgIpc) is 3.59. The number of benzene rings is 2. The molecule has 0 aromatic heterocycles. The molecule has 0 unspecified atom stereocenters. The Morgan fingerprint density at radius 1 is 0.820 bits per heavy atom. The first-order chi connectivity index (χ1) is 23.9. The number of ether oxygens (including phenoxy) is 3. The summed E-state index contributed by atoms with van der Waals surface area (Å²) in [6, 6.07) is 15.1. The van der Waals surface area contributed by atoms with Gasteiger partial charge < -0.3 is 39.9 Å². The molecule has 0 aliphatic carbocycles. The van der Waals surface area contributed by atoms with Gasteiger partial charge in [0.1, 0.15) is 31.0 Å². The van der Waals surface area contributed by atoms with Crippen LogP contribution in [0.4, 0.5) is 4.79 Å². The van der Waals surface area contributed by atoms with E-state index < -0.39 is 36.2 Å². The Labute approximate surface area is 297 Å². The van der Waals surface area contributed by atoms with Crippen LogP contribution in [0.1, 0.15) is 72.4 Å². The van der Waals surface area contributed by atoms with E-state index in [0.717, 1.165) is 24.3 Å². The number of alkyl carbamates (subject to hydrolysis) is 1. The van der Waals surface area contributed by atoms with Crippen molar-refractivity contribution in [1.29, 1.82) is 0 Å². The van der Waals surface area contributed by atoms with Crippen molar-refractivity contribution in [3.63, 3.8) is 0 Å². The second kappa shape index (κ2) is 22.4. The third kappa shape index (κ3) is 14.3. The van der Waals surface area contributed by atoms with Crippen molar-refractivity contribution < 1.29 is 38.2 Å². The molecule has 3 N–H and O–H groups in total. The van der Waals surface area contributed by atoms with Crippen LogP contribution in [0.2, 0.25) is 0 Å². The first-order valence-electron chi connectivity index (χ1n) is 17.5. The zero-order chi connectivity index (χ0) is 37.1. The van der Waals surface area contributed by atoms with Gasteiger partial charge in [0.05, 0.1) is 6.04 Å². The zero-order valence-corrected chi connectivity index (χ0v) is 30.6. The van der Waals surface area contributed by atoms with Gasteiger partial charge in [0.15, 0.2) is 6.29 Å². The molecule has 0 spiro atoms. The van der Waals surface area contributed by atoms with E-state index in [4.69, 9.17) is 14.2 Å². The standard InChI is InChI=1S/C32H42N4O6.C6H14O2/c1-21(2)26(19-37)33-30(39)27-16-11-17-36(27)31(40)28(22(3)4)35-29(38)25(18-23-12-7-5-8-13-23)34-32(41)42-20-24-14-9-6-10-15-24;1-4-7-6(3)8-5-2/h5-10,12-15,19,21-22,25-28H,11,16-18,20H2,1-4H3,(H,33,39)(H,34,41)(H,35,38);6H,4-5H2,1-3H3/t25-,26+,27-,28-;/m0./s1. The molecule has 2 aromatic carbocycles. The Kier molecular flexibility index (Phi) is 18.8. The Hall–Kier alpha value is -4.29. The number of rotatable bonds is 17. The molecule has 3 rings (SSSR count). The molecule has 1 aliphatic heterocycles. The summed E-state index contributed by atoms with van der Waals surface area (Å²) in [6.45, 7) is 14.9. The Morgan fingerprint density at radius 3 is 1.92 bits per heavy atom. The fourth-order valence-electron chi connectivity index (χ4n) is 5.35. The molecule has 12 nitrogen and oxygen atoms in total. The third-order valence-electron chi connectivity index (χ3n) is 8.15. The second-order valence-electron chi connectivity index (χ2n) is 12.8. The predicted octanol–water partition coefficient (Wildman–Crippen LogP) is 4.40. The largest absolute Gasteiger partial charge is 0.445 e. The lowest BCUT2D eigenvalue weighted by Crippen LogP contribution is -2.59. The molecule has 0 bridgehead atoms. The highest BCUT2D eigenvalue weighted by molar-refractivity contribution is 5.95. The highest BCUT2D eigenvalue weighted by Crippen LogP contribution is 2.21. The number of nitrogens with one attached hydrogen (secondary N) is 3. The summed E-state index contributed by atoms with van der Waals surface area (Å²) < 4.78 is 15.5. The van der Waals surface area contributed by atoms with Crippen LogP contribution in [-0.4, -0.2) is 85.2 Å². The number of hydrogen-bond acceptors (Lipinski definition) is 8. The van der Waals surface area contributed by atoms with Crippen molar-refractivity contribution in [1.82, 2.24) is 20.9 Å². The first kappa shape index (κ1) is 41.9. The minimum absolute atomic E-state index is 0.0370. The van der Waals surface area contributed by atoms with Gasteiger partial charge in [0, 0.05) is 26.2 Å². The molecule has 0 saturated carbocycles. The van der Waals surface area contributed by atoms with Gasteiger partial charge in [-0.15, -0.1) is 0 Å². The van der Waals surface area contributed by atoms with Crippen molar-refractivity contribution in [2.45, 2.75) is 105 Å². The quantitative estimate of drug-likeness (QED) is 0.163. The van der Waals surface area contributed by atoms with Crippen LogP contribution in [0.25, 0.3) is 0 Å². The van der Waals surface area contributed by atoms with Gasteiger partial charge in [-0.3, -0.25) is 14.4 Å². The summed E-state index contributed by atoms with van der Waals surface area (Å²) in [5.74, 6) is -1.69. The van der Waals surface area contributed by atoms with E-state index in [9.17, 15) is 24.0 Å². The normalized spacial score (nSPS) is 15.8. The van der Waals surface area contributed by atoms with Crippen LogP contribution in [-0.2, 0) is 46.4 Å². The van der Waals surface area contributed by atoms with E-state index in [1.54, 1.807) is 0 Å². The monoisotopic (exact) mass is 696 g/mol.